The van der Waals surface area contributed by atoms with Crippen molar-refractivity contribution in [1.29, 1.82) is 0 Å². The molecule has 0 radical (unpaired) electrons. The summed E-state index contributed by atoms with van der Waals surface area (Å²) in [5.41, 5.74) is 0. The van der Waals surface area contributed by atoms with Gasteiger partial charge in [0.1, 0.15) is 10.9 Å². The molecule has 2 rings (SSSR count). The molecule has 17 heavy (non-hydrogen) atoms. The van der Waals surface area contributed by atoms with Crippen molar-refractivity contribution in [2.45, 2.75) is 6.61 Å². The maximum Gasteiger partial charge on any atom is 0.280 e. The predicted octanol–water partition coefficient (Wildman–Crippen LogP) is 4.39. The molecule has 0 fully saturated rings. The Morgan fingerprint density at radius 3 is 2.65 bits per heavy atom. The van der Waals surface area contributed by atoms with Crippen LogP contribution in [0.1, 0.15) is 4.88 Å². The van der Waals surface area contributed by atoms with Crippen LogP contribution in [0.3, 0.4) is 0 Å². The van der Waals surface area contributed by atoms with E-state index < -0.39 is 0 Å². The van der Waals surface area contributed by atoms with Crippen molar-refractivity contribution in [3.05, 3.63) is 38.3 Å². The molecule has 7 heteroatoms. The van der Waals surface area contributed by atoms with E-state index in [9.17, 15) is 0 Å². The Morgan fingerprint density at radius 2 is 2.06 bits per heavy atom. The van der Waals surface area contributed by atoms with Gasteiger partial charge in [-0.3, -0.25) is 0 Å². The Kier molecular flexibility index (Phi) is 4.12. The lowest BCUT2D eigenvalue weighted by Gasteiger charge is -2.03. The summed E-state index contributed by atoms with van der Waals surface area (Å²) >= 11 is 18.7. The van der Waals surface area contributed by atoms with Crippen LogP contribution in [0.5, 0.6) is 10.9 Å². The Labute approximate surface area is 117 Å². The van der Waals surface area contributed by atoms with Gasteiger partial charge < -0.3 is 9.84 Å². The molecule has 0 saturated heterocycles. The highest BCUT2D eigenvalue weighted by Crippen LogP contribution is 2.35. The van der Waals surface area contributed by atoms with Gasteiger partial charge in [-0.05, 0) is 18.2 Å². The number of halogens is 3. The van der Waals surface area contributed by atoms with Gasteiger partial charge in [-0.25, -0.2) is 0 Å². The molecular weight excluding hydrogens is 305 g/mol. The monoisotopic (exact) mass is 309 g/mol. The van der Waals surface area contributed by atoms with E-state index in [1.54, 1.807) is 18.2 Å². The smallest absolute Gasteiger partial charge is 0.280 e. The molecule has 90 valence electrons. The summed E-state index contributed by atoms with van der Waals surface area (Å²) in [5, 5.41) is 10.4. The van der Waals surface area contributed by atoms with E-state index in [2.05, 4.69) is 4.98 Å². The van der Waals surface area contributed by atoms with Crippen LogP contribution in [0.2, 0.25) is 15.2 Å². The number of rotatable bonds is 3. The predicted molar refractivity (Wildman–Crippen MR) is 69.6 cm³/mol. The van der Waals surface area contributed by atoms with Crippen molar-refractivity contribution >= 4 is 46.1 Å². The third-order valence-corrected chi connectivity index (χ3v) is 3.74. The van der Waals surface area contributed by atoms with E-state index in [-0.39, 0.29) is 11.8 Å². The molecule has 0 spiro atoms. The largest absolute Gasteiger partial charge is 0.429 e. The summed E-state index contributed by atoms with van der Waals surface area (Å²) in [6, 6.07) is 4.87. The summed E-state index contributed by atoms with van der Waals surface area (Å²) in [6.45, 7) is -0.172. The van der Waals surface area contributed by atoms with Crippen molar-refractivity contribution in [1.82, 2.24) is 4.98 Å². The number of benzene rings is 1. The highest BCUT2D eigenvalue weighted by Gasteiger charge is 2.11. The van der Waals surface area contributed by atoms with Gasteiger partial charge >= 0.3 is 0 Å². The molecule has 0 amide bonds. The van der Waals surface area contributed by atoms with E-state index >= 15 is 0 Å². The van der Waals surface area contributed by atoms with E-state index in [0.717, 1.165) is 11.3 Å². The van der Waals surface area contributed by atoms with Gasteiger partial charge in [0.05, 0.1) is 16.5 Å². The van der Waals surface area contributed by atoms with Crippen LogP contribution in [0.25, 0.3) is 0 Å². The van der Waals surface area contributed by atoms with Crippen LogP contribution in [0.15, 0.2) is 18.2 Å². The summed E-state index contributed by atoms with van der Waals surface area (Å²) in [6.07, 6.45) is 0. The standard InChI is InChI=1S/C10H6Cl3NO2S/c11-5-1-2-7(6(12)3-5)16-10-14-9(13)8(4-15)17-10/h1-3,15H,4H2. The lowest BCUT2D eigenvalue weighted by Crippen LogP contribution is -1.83. The second-order valence-electron chi connectivity index (χ2n) is 3.03. The molecule has 1 aromatic carbocycles. The molecule has 2 aromatic rings. The fourth-order valence-corrected chi connectivity index (χ4v) is 2.53. The molecule has 1 heterocycles. The first-order valence-corrected chi connectivity index (χ1v) is 6.44. The molecule has 0 saturated carbocycles. The Morgan fingerprint density at radius 1 is 1.29 bits per heavy atom. The fraction of sp³-hybridized carbons (Fsp3) is 0.100. The molecule has 0 unspecified atom stereocenters. The molecular formula is C10H6Cl3NO2S. The van der Waals surface area contributed by atoms with Gasteiger partial charge in [0.2, 0.25) is 0 Å². The highest BCUT2D eigenvalue weighted by atomic mass is 35.5. The van der Waals surface area contributed by atoms with Crippen molar-refractivity contribution in [2.75, 3.05) is 0 Å². The van der Waals surface area contributed by atoms with Crippen molar-refractivity contribution in [3.8, 4) is 10.9 Å². The maximum atomic E-state index is 8.98. The summed E-state index contributed by atoms with van der Waals surface area (Å²) < 4.78 is 5.45. The van der Waals surface area contributed by atoms with Crippen LogP contribution >= 0.6 is 46.1 Å². The molecule has 0 aliphatic rings. The van der Waals surface area contributed by atoms with Crippen molar-refractivity contribution in [2.24, 2.45) is 0 Å². The van der Waals surface area contributed by atoms with Crippen LogP contribution in [-0.2, 0) is 6.61 Å². The number of hydrogen-bond donors (Lipinski definition) is 1. The molecule has 0 atom stereocenters. The zero-order chi connectivity index (χ0) is 12.4. The summed E-state index contributed by atoms with van der Waals surface area (Å²) in [5.74, 6) is 0.436. The zero-order valence-corrected chi connectivity index (χ0v) is 11.4. The van der Waals surface area contributed by atoms with Gasteiger partial charge in [-0.2, -0.15) is 4.98 Å². The SMILES string of the molecule is OCc1sc(Oc2ccc(Cl)cc2Cl)nc1Cl. The number of hydrogen-bond acceptors (Lipinski definition) is 4. The van der Waals surface area contributed by atoms with Crippen LogP contribution in [0, 0.1) is 0 Å². The second kappa shape index (κ2) is 5.42. The first-order chi connectivity index (χ1) is 8.10. The first kappa shape index (κ1) is 12.9. The fourth-order valence-electron chi connectivity index (χ4n) is 1.11. The maximum absolute atomic E-state index is 8.98. The third kappa shape index (κ3) is 3.03. The minimum Gasteiger partial charge on any atom is -0.429 e. The van der Waals surface area contributed by atoms with Gasteiger partial charge in [0.25, 0.3) is 5.19 Å². The van der Waals surface area contributed by atoms with E-state index in [0.29, 0.717) is 25.9 Å². The summed E-state index contributed by atoms with van der Waals surface area (Å²) in [4.78, 5) is 4.50. The Hall–Kier alpha value is -0.520. The Bertz CT molecular complexity index is 544. The van der Waals surface area contributed by atoms with Crippen molar-refractivity contribution in [3.63, 3.8) is 0 Å². The lowest BCUT2D eigenvalue weighted by molar-refractivity contribution is 0.285. The number of thiazole rings is 1. The summed E-state index contributed by atoms with van der Waals surface area (Å²) in [7, 11) is 0. The van der Waals surface area contributed by atoms with Gasteiger partial charge in [-0.1, -0.05) is 46.1 Å². The van der Waals surface area contributed by atoms with Gasteiger partial charge in [-0.15, -0.1) is 0 Å². The van der Waals surface area contributed by atoms with Gasteiger partial charge in [0.15, 0.2) is 0 Å². The molecule has 0 bridgehead atoms. The minimum absolute atomic E-state index is 0.172. The molecule has 0 aliphatic heterocycles. The molecule has 1 N–H and O–H groups in total. The van der Waals surface area contributed by atoms with E-state index in [1.807, 2.05) is 0 Å². The average molecular weight is 311 g/mol. The minimum atomic E-state index is -0.172. The normalized spacial score (nSPS) is 10.6. The van der Waals surface area contributed by atoms with Crippen LogP contribution in [0.4, 0.5) is 0 Å². The zero-order valence-electron chi connectivity index (χ0n) is 8.28. The number of aliphatic hydroxyl groups is 1. The second-order valence-corrected chi connectivity index (χ2v) is 5.28. The topological polar surface area (TPSA) is 42.4 Å². The number of aromatic nitrogens is 1. The third-order valence-electron chi connectivity index (χ3n) is 1.86. The van der Waals surface area contributed by atoms with Crippen LogP contribution < -0.4 is 4.74 Å². The number of nitrogens with zero attached hydrogens (tertiary/aromatic N) is 1. The van der Waals surface area contributed by atoms with Crippen molar-refractivity contribution < 1.29 is 9.84 Å². The Balaban J connectivity index is 2.25. The molecule has 0 aliphatic carbocycles. The van der Waals surface area contributed by atoms with Crippen LogP contribution in [-0.4, -0.2) is 10.1 Å². The quantitative estimate of drug-likeness (QED) is 0.914. The lowest BCUT2D eigenvalue weighted by atomic mass is 10.3. The number of aliphatic hydroxyl groups excluding tert-OH is 1. The average Bonchev–Trinajstić information content (AvgIpc) is 2.63. The molecule has 3 nitrogen and oxygen atoms in total. The highest BCUT2D eigenvalue weighted by molar-refractivity contribution is 7.13. The van der Waals surface area contributed by atoms with Gasteiger partial charge in [0, 0.05) is 5.02 Å². The number of ether oxygens (including phenoxy) is 1. The van der Waals surface area contributed by atoms with E-state index in [4.69, 9.17) is 44.6 Å². The molecule has 1 aromatic heterocycles. The first-order valence-electron chi connectivity index (χ1n) is 4.49. The van der Waals surface area contributed by atoms with E-state index in [1.165, 1.54) is 0 Å².